The highest BCUT2D eigenvalue weighted by atomic mass is 32.2. The molecule has 5 nitrogen and oxygen atoms in total. The maximum atomic E-state index is 11.5. The zero-order valence-electron chi connectivity index (χ0n) is 10.7. The van der Waals surface area contributed by atoms with Crippen LogP contribution in [0.15, 0.2) is 24.5 Å². The van der Waals surface area contributed by atoms with Gasteiger partial charge in [-0.1, -0.05) is 0 Å². The van der Waals surface area contributed by atoms with Crippen molar-refractivity contribution >= 4 is 15.5 Å². The van der Waals surface area contributed by atoms with E-state index in [1.54, 1.807) is 7.11 Å². The number of ether oxygens (including phenoxy) is 1. The van der Waals surface area contributed by atoms with Gasteiger partial charge in [-0.2, -0.15) is 0 Å². The lowest BCUT2D eigenvalue weighted by Crippen LogP contribution is -2.07. The van der Waals surface area contributed by atoms with Crippen molar-refractivity contribution in [2.75, 3.05) is 18.6 Å². The Labute approximate surface area is 112 Å². The summed E-state index contributed by atoms with van der Waals surface area (Å²) in [5, 5.41) is 0. The van der Waals surface area contributed by atoms with E-state index < -0.39 is 9.84 Å². The quantitative estimate of drug-likeness (QED) is 0.850. The first-order valence-electron chi connectivity index (χ1n) is 6.28. The molecular formula is C13H16N2O3S. The van der Waals surface area contributed by atoms with E-state index in [0.717, 1.165) is 23.5 Å². The summed E-state index contributed by atoms with van der Waals surface area (Å²) in [6.45, 7) is 0. The smallest absolute Gasteiger partial charge is 0.179 e. The molecule has 102 valence electrons. The molecular weight excluding hydrogens is 264 g/mol. The Morgan fingerprint density at radius 1 is 1.53 bits per heavy atom. The summed E-state index contributed by atoms with van der Waals surface area (Å²) in [5.74, 6) is 1.53. The Bertz CT molecular complexity index is 706. The first-order valence-corrected chi connectivity index (χ1v) is 8.10. The molecule has 0 radical (unpaired) electrons. The monoisotopic (exact) mass is 280 g/mol. The van der Waals surface area contributed by atoms with Gasteiger partial charge in [-0.25, -0.2) is 13.4 Å². The number of nitrogens with zero attached hydrogens (tertiary/aromatic N) is 2. The van der Waals surface area contributed by atoms with E-state index in [0.29, 0.717) is 12.2 Å². The molecule has 0 bridgehead atoms. The van der Waals surface area contributed by atoms with E-state index in [-0.39, 0.29) is 11.7 Å². The number of pyridine rings is 1. The minimum atomic E-state index is -2.82. The van der Waals surface area contributed by atoms with Gasteiger partial charge in [0, 0.05) is 12.4 Å². The number of aromatic nitrogens is 2. The summed E-state index contributed by atoms with van der Waals surface area (Å²) in [4.78, 5) is 4.54. The van der Waals surface area contributed by atoms with Crippen LogP contribution in [-0.2, 0) is 16.3 Å². The average Bonchev–Trinajstić information content (AvgIpc) is 2.91. The third kappa shape index (κ3) is 2.45. The normalized spacial score (nSPS) is 21.8. The summed E-state index contributed by atoms with van der Waals surface area (Å²) in [5.41, 5.74) is 1.70. The third-order valence-electron chi connectivity index (χ3n) is 3.54. The fraction of sp³-hybridized carbons (Fsp3) is 0.462. The standard InChI is InChI=1S/C13H16N2O3S/c1-18-12-3-2-5-15-8-11(14-13(12)15)7-10-4-6-19(16,17)9-10/h2-3,5,8,10H,4,6-7,9H2,1H3. The fourth-order valence-corrected chi connectivity index (χ4v) is 4.49. The Morgan fingerprint density at radius 3 is 3.05 bits per heavy atom. The SMILES string of the molecule is COc1cccn2cc(CC3CCS(=O)(=O)C3)nc12. The third-order valence-corrected chi connectivity index (χ3v) is 5.38. The molecule has 1 aliphatic rings. The molecule has 2 aromatic heterocycles. The number of hydrogen-bond donors (Lipinski definition) is 0. The Kier molecular flexibility index (Phi) is 2.97. The lowest BCUT2D eigenvalue weighted by molar-refractivity contribution is 0.417. The number of rotatable bonds is 3. The molecule has 1 aliphatic heterocycles. The summed E-state index contributed by atoms with van der Waals surface area (Å²) < 4.78 is 30.1. The summed E-state index contributed by atoms with van der Waals surface area (Å²) in [7, 11) is -1.20. The van der Waals surface area contributed by atoms with Crippen LogP contribution in [0.1, 0.15) is 12.1 Å². The molecule has 3 heterocycles. The summed E-state index contributed by atoms with van der Waals surface area (Å²) >= 11 is 0. The molecule has 0 aromatic carbocycles. The Morgan fingerprint density at radius 2 is 2.37 bits per heavy atom. The molecule has 0 amide bonds. The van der Waals surface area contributed by atoms with Gasteiger partial charge >= 0.3 is 0 Å². The molecule has 19 heavy (non-hydrogen) atoms. The molecule has 0 spiro atoms. The predicted molar refractivity (Wildman–Crippen MR) is 72.2 cm³/mol. The van der Waals surface area contributed by atoms with Crippen LogP contribution in [0.4, 0.5) is 0 Å². The van der Waals surface area contributed by atoms with E-state index in [1.165, 1.54) is 0 Å². The maximum Gasteiger partial charge on any atom is 0.179 e. The summed E-state index contributed by atoms with van der Waals surface area (Å²) in [6, 6.07) is 3.77. The Hall–Kier alpha value is -1.56. The van der Waals surface area contributed by atoms with Crippen molar-refractivity contribution in [2.24, 2.45) is 5.92 Å². The van der Waals surface area contributed by atoms with Crippen LogP contribution in [0.3, 0.4) is 0 Å². The first kappa shape index (κ1) is 12.5. The zero-order chi connectivity index (χ0) is 13.5. The second-order valence-electron chi connectivity index (χ2n) is 5.01. The number of sulfone groups is 1. The molecule has 0 N–H and O–H groups in total. The second-order valence-corrected chi connectivity index (χ2v) is 7.24. The van der Waals surface area contributed by atoms with Crippen molar-refractivity contribution in [3.8, 4) is 5.75 Å². The number of methoxy groups -OCH3 is 1. The number of hydrogen-bond acceptors (Lipinski definition) is 4. The van der Waals surface area contributed by atoms with Crippen molar-refractivity contribution < 1.29 is 13.2 Å². The van der Waals surface area contributed by atoms with Crippen LogP contribution in [0, 0.1) is 5.92 Å². The molecule has 1 fully saturated rings. The van der Waals surface area contributed by atoms with Crippen molar-refractivity contribution in [1.29, 1.82) is 0 Å². The van der Waals surface area contributed by atoms with Gasteiger partial charge < -0.3 is 9.14 Å². The van der Waals surface area contributed by atoms with E-state index in [1.807, 2.05) is 28.9 Å². The Balaban J connectivity index is 1.86. The number of fused-ring (bicyclic) bond motifs is 1. The van der Waals surface area contributed by atoms with Gasteiger partial charge in [0.05, 0.1) is 24.3 Å². The zero-order valence-corrected chi connectivity index (χ0v) is 11.6. The van der Waals surface area contributed by atoms with Crippen LogP contribution in [0.25, 0.3) is 5.65 Å². The summed E-state index contributed by atoms with van der Waals surface area (Å²) in [6.07, 6.45) is 5.32. The fourth-order valence-electron chi connectivity index (χ4n) is 2.62. The lowest BCUT2D eigenvalue weighted by atomic mass is 10.0. The van der Waals surface area contributed by atoms with Crippen LogP contribution in [-0.4, -0.2) is 36.4 Å². The molecule has 3 rings (SSSR count). The van der Waals surface area contributed by atoms with Gasteiger partial charge in [-0.05, 0) is 30.9 Å². The highest BCUT2D eigenvalue weighted by Crippen LogP contribution is 2.24. The predicted octanol–water partition coefficient (Wildman–Crippen LogP) is 1.32. The minimum Gasteiger partial charge on any atom is -0.493 e. The molecule has 1 unspecified atom stereocenters. The largest absolute Gasteiger partial charge is 0.493 e. The van der Waals surface area contributed by atoms with Crippen LogP contribution in [0.5, 0.6) is 5.75 Å². The van der Waals surface area contributed by atoms with Gasteiger partial charge in [-0.15, -0.1) is 0 Å². The molecule has 6 heteroatoms. The first-order chi connectivity index (χ1) is 9.07. The van der Waals surface area contributed by atoms with Crippen LogP contribution in [0.2, 0.25) is 0 Å². The average molecular weight is 280 g/mol. The minimum absolute atomic E-state index is 0.195. The van der Waals surface area contributed by atoms with Crippen LogP contribution >= 0.6 is 0 Å². The molecule has 1 saturated heterocycles. The number of imidazole rings is 1. The van der Waals surface area contributed by atoms with Gasteiger partial charge in [0.2, 0.25) is 0 Å². The molecule has 2 aromatic rings. The van der Waals surface area contributed by atoms with Crippen LogP contribution < -0.4 is 4.74 Å². The van der Waals surface area contributed by atoms with Gasteiger partial charge in [-0.3, -0.25) is 0 Å². The molecule has 1 atom stereocenters. The maximum absolute atomic E-state index is 11.5. The highest BCUT2D eigenvalue weighted by molar-refractivity contribution is 7.91. The van der Waals surface area contributed by atoms with Gasteiger partial charge in [0.15, 0.2) is 21.2 Å². The lowest BCUT2D eigenvalue weighted by Gasteiger charge is -2.03. The second kappa shape index (κ2) is 4.52. The van der Waals surface area contributed by atoms with Crippen molar-refractivity contribution in [3.63, 3.8) is 0 Å². The van der Waals surface area contributed by atoms with E-state index in [9.17, 15) is 8.42 Å². The molecule has 0 saturated carbocycles. The van der Waals surface area contributed by atoms with Gasteiger partial charge in [0.1, 0.15) is 0 Å². The van der Waals surface area contributed by atoms with Crippen molar-refractivity contribution in [1.82, 2.24) is 9.38 Å². The van der Waals surface area contributed by atoms with E-state index in [4.69, 9.17) is 4.74 Å². The topological polar surface area (TPSA) is 60.7 Å². The van der Waals surface area contributed by atoms with Gasteiger partial charge in [0.25, 0.3) is 0 Å². The molecule has 0 aliphatic carbocycles. The van der Waals surface area contributed by atoms with Crippen molar-refractivity contribution in [2.45, 2.75) is 12.8 Å². The van der Waals surface area contributed by atoms with E-state index in [2.05, 4.69) is 4.98 Å². The van der Waals surface area contributed by atoms with E-state index >= 15 is 0 Å². The van der Waals surface area contributed by atoms with Crippen molar-refractivity contribution in [3.05, 3.63) is 30.2 Å². The highest BCUT2D eigenvalue weighted by Gasteiger charge is 2.28.